The number of ether oxygens (including phenoxy) is 1. The Morgan fingerprint density at radius 2 is 1.88 bits per heavy atom. The monoisotopic (exact) mass is 362 g/mol. The lowest BCUT2D eigenvalue weighted by Gasteiger charge is -2.02. The molecule has 1 aliphatic rings. The molecule has 24 heavy (non-hydrogen) atoms. The maximum absolute atomic E-state index is 12.0. The number of carbonyl (C=O) groups is 1. The van der Waals surface area contributed by atoms with Crippen molar-refractivity contribution in [3.05, 3.63) is 79.4 Å². The van der Waals surface area contributed by atoms with Crippen LogP contribution < -0.4 is 0 Å². The summed E-state index contributed by atoms with van der Waals surface area (Å²) in [5.74, 6) is -0.778. The summed E-state index contributed by atoms with van der Waals surface area (Å²) in [4.78, 5) is 26.4. The third kappa shape index (κ3) is 3.15. The molecule has 0 unspecified atom stereocenters. The van der Waals surface area contributed by atoms with Gasteiger partial charge in [0.25, 0.3) is 5.69 Å². The van der Waals surface area contributed by atoms with Gasteiger partial charge in [-0.3, -0.25) is 10.1 Å². The zero-order valence-corrected chi connectivity index (χ0v) is 13.4. The van der Waals surface area contributed by atoms with Crippen LogP contribution in [0.3, 0.4) is 0 Å². The summed E-state index contributed by atoms with van der Waals surface area (Å²) in [6.45, 7) is 0. The number of carbonyl (C=O) groups excluding carboxylic acids is 1. The Balaban J connectivity index is 2.03. The highest BCUT2D eigenvalue weighted by Gasteiger charge is 2.27. The zero-order chi connectivity index (χ0) is 17.3. The largest absolute Gasteiger partial charge is 0.402 e. The van der Waals surface area contributed by atoms with E-state index < -0.39 is 10.9 Å². The molecule has 6 nitrogen and oxygen atoms in total. The number of cyclic esters (lactones) is 1. The van der Waals surface area contributed by atoms with Crippen molar-refractivity contribution in [3.8, 4) is 0 Å². The summed E-state index contributed by atoms with van der Waals surface area (Å²) < 4.78 is 5.08. The molecular formula is C16H8Cl2N2O4. The first-order valence-electron chi connectivity index (χ1n) is 6.67. The van der Waals surface area contributed by atoms with Crippen molar-refractivity contribution in [3.63, 3.8) is 0 Å². The Kier molecular flexibility index (Phi) is 4.33. The number of hydrogen-bond acceptors (Lipinski definition) is 5. The summed E-state index contributed by atoms with van der Waals surface area (Å²) in [6.07, 6.45) is 1.48. The first-order chi connectivity index (χ1) is 11.5. The first-order valence-corrected chi connectivity index (χ1v) is 7.42. The molecule has 8 heteroatoms. The number of benzene rings is 2. The van der Waals surface area contributed by atoms with Crippen molar-refractivity contribution in [2.24, 2.45) is 4.99 Å². The van der Waals surface area contributed by atoms with Gasteiger partial charge in [0.15, 0.2) is 5.70 Å². The number of hydrogen-bond donors (Lipinski definition) is 0. The molecular weight excluding hydrogens is 355 g/mol. The lowest BCUT2D eigenvalue weighted by atomic mass is 10.2. The molecule has 0 bridgehead atoms. The van der Waals surface area contributed by atoms with E-state index in [9.17, 15) is 14.9 Å². The standard InChI is InChI=1S/C16H8Cl2N2O4/c17-12-4-2-1-3-9(12)7-14-16(21)24-15(19-14)11-8-10(20(22)23)5-6-13(11)18/h1-8H/b14-7-. The fourth-order valence-corrected chi connectivity index (χ4v) is 2.44. The maximum Gasteiger partial charge on any atom is 0.363 e. The molecule has 0 spiro atoms. The Bertz CT molecular complexity index is 922. The SMILES string of the molecule is O=C1OC(c2cc([N+](=O)[O-])ccc2Cl)=N/C1=C\c1ccccc1Cl. The fourth-order valence-electron chi connectivity index (χ4n) is 2.05. The van der Waals surface area contributed by atoms with E-state index in [2.05, 4.69) is 4.99 Å². The summed E-state index contributed by atoms with van der Waals surface area (Å²) in [7, 11) is 0. The molecule has 2 aromatic rings. The second-order valence-corrected chi connectivity index (χ2v) is 5.59. The van der Waals surface area contributed by atoms with Crippen molar-refractivity contribution >= 4 is 46.8 Å². The molecule has 0 saturated carbocycles. The lowest BCUT2D eigenvalue weighted by molar-refractivity contribution is -0.384. The van der Waals surface area contributed by atoms with Crippen LogP contribution in [0.2, 0.25) is 10.0 Å². The van der Waals surface area contributed by atoms with Gasteiger partial charge in [0, 0.05) is 17.2 Å². The molecule has 0 aromatic heterocycles. The normalized spacial score (nSPS) is 15.3. The van der Waals surface area contributed by atoms with Gasteiger partial charge in [-0.25, -0.2) is 9.79 Å². The molecule has 0 amide bonds. The highest BCUT2D eigenvalue weighted by molar-refractivity contribution is 6.35. The van der Waals surface area contributed by atoms with Crippen LogP contribution in [0.25, 0.3) is 6.08 Å². The molecule has 1 aliphatic heterocycles. The third-order valence-electron chi connectivity index (χ3n) is 3.21. The summed E-state index contributed by atoms with van der Waals surface area (Å²) >= 11 is 12.1. The van der Waals surface area contributed by atoms with E-state index in [4.69, 9.17) is 27.9 Å². The second-order valence-electron chi connectivity index (χ2n) is 4.78. The molecule has 120 valence electrons. The topological polar surface area (TPSA) is 81.8 Å². The summed E-state index contributed by atoms with van der Waals surface area (Å²) in [6, 6.07) is 10.7. The molecule has 0 N–H and O–H groups in total. The third-order valence-corrected chi connectivity index (χ3v) is 3.88. The molecule has 3 rings (SSSR count). The Morgan fingerprint density at radius 1 is 1.12 bits per heavy atom. The predicted octanol–water partition coefficient (Wildman–Crippen LogP) is 4.25. The Labute approximate surface area is 146 Å². The lowest BCUT2D eigenvalue weighted by Crippen LogP contribution is -2.06. The van der Waals surface area contributed by atoms with Crippen LogP contribution in [0.15, 0.2) is 53.2 Å². The average molecular weight is 363 g/mol. The van der Waals surface area contributed by atoms with Gasteiger partial charge in [-0.1, -0.05) is 41.4 Å². The highest BCUT2D eigenvalue weighted by atomic mass is 35.5. The first kappa shape index (κ1) is 16.2. The molecule has 0 radical (unpaired) electrons. The van der Waals surface area contributed by atoms with E-state index in [1.807, 2.05) is 0 Å². The van der Waals surface area contributed by atoms with E-state index in [1.54, 1.807) is 24.3 Å². The predicted molar refractivity (Wildman–Crippen MR) is 90.2 cm³/mol. The number of esters is 1. The zero-order valence-electron chi connectivity index (χ0n) is 11.9. The average Bonchev–Trinajstić information content (AvgIpc) is 2.90. The fraction of sp³-hybridized carbons (Fsp3) is 0. The number of rotatable bonds is 3. The van der Waals surface area contributed by atoms with Gasteiger partial charge < -0.3 is 4.74 Å². The van der Waals surface area contributed by atoms with Gasteiger partial charge in [0.1, 0.15) is 0 Å². The molecule has 0 atom stereocenters. The number of nitrogens with zero attached hydrogens (tertiary/aromatic N) is 2. The minimum Gasteiger partial charge on any atom is -0.402 e. The molecule has 0 aliphatic carbocycles. The quantitative estimate of drug-likeness (QED) is 0.353. The number of nitro benzene ring substituents is 1. The van der Waals surface area contributed by atoms with Gasteiger partial charge in [-0.15, -0.1) is 0 Å². The van der Waals surface area contributed by atoms with Gasteiger partial charge >= 0.3 is 5.97 Å². The minimum absolute atomic E-state index is 0.0284. The molecule has 0 fully saturated rings. The van der Waals surface area contributed by atoms with Crippen LogP contribution >= 0.6 is 23.2 Å². The van der Waals surface area contributed by atoms with Gasteiger partial charge in [-0.05, 0) is 23.8 Å². The van der Waals surface area contributed by atoms with Crippen LogP contribution in [0.5, 0.6) is 0 Å². The van der Waals surface area contributed by atoms with Crippen LogP contribution in [-0.4, -0.2) is 16.8 Å². The summed E-state index contributed by atoms with van der Waals surface area (Å²) in [5, 5.41) is 11.5. The van der Waals surface area contributed by atoms with E-state index in [1.165, 1.54) is 24.3 Å². The number of halogens is 2. The minimum atomic E-state index is -0.688. The number of aliphatic imine (C=N–C) groups is 1. The smallest absolute Gasteiger partial charge is 0.363 e. The van der Waals surface area contributed by atoms with E-state index in [0.717, 1.165) is 0 Å². The molecule has 1 heterocycles. The van der Waals surface area contributed by atoms with Crippen molar-refractivity contribution in [2.45, 2.75) is 0 Å². The van der Waals surface area contributed by atoms with Crippen LogP contribution in [0.1, 0.15) is 11.1 Å². The van der Waals surface area contributed by atoms with Gasteiger partial charge in [-0.2, -0.15) is 0 Å². The van der Waals surface area contributed by atoms with Crippen molar-refractivity contribution in [1.82, 2.24) is 0 Å². The van der Waals surface area contributed by atoms with E-state index in [-0.39, 0.29) is 27.9 Å². The Hall–Kier alpha value is -2.70. The van der Waals surface area contributed by atoms with Crippen LogP contribution in [0, 0.1) is 10.1 Å². The van der Waals surface area contributed by atoms with Crippen molar-refractivity contribution in [1.29, 1.82) is 0 Å². The maximum atomic E-state index is 12.0. The summed E-state index contributed by atoms with van der Waals surface area (Å²) in [5.41, 5.74) is 0.611. The molecule has 2 aromatic carbocycles. The van der Waals surface area contributed by atoms with Crippen LogP contribution in [-0.2, 0) is 9.53 Å². The van der Waals surface area contributed by atoms with E-state index >= 15 is 0 Å². The van der Waals surface area contributed by atoms with Crippen molar-refractivity contribution in [2.75, 3.05) is 0 Å². The Morgan fingerprint density at radius 3 is 2.58 bits per heavy atom. The van der Waals surface area contributed by atoms with Crippen LogP contribution in [0.4, 0.5) is 5.69 Å². The van der Waals surface area contributed by atoms with Gasteiger partial charge in [0.2, 0.25) is 5.90 Å². The van der Waals surface area contributed by atoms with Gasteiger partial charge in [0.05, 0.1) is 15.5 Å². The van der Waals surface area contributed by atoms with E-state index in [0.29, 0.717) is 10.6 Å². The highest BCUT2D eigenvalue weighted by Crippen LogP contribution is 2.28. The number of non-ortho nitro benzene ring substituents is 1. The molecule has 0 saturated heterocycles. The van der Waals surface area contributed by atoms with Crippen molar-refractivity contribution < 1.29 is 14.5 Å². The number of nitro groups is 1. The second kappa shape index (κ2) is 6.43.